The summed E-state index contributed by atoms with van der Waals surface area (Å²) in [6.07, 6.45) is 6.27. The zero-order valence-corrected chi connectivity index (χ0v) is 17.3. The van der Waals surface area contributed by atoms with E-state index >= 15 is 0 Å². The molecule has 7 heteroatoms. The number of hydrogen-bond donors (Lipinski definition) is 2. The maximum atomic E-state index is 12.5. The Bertz CT molecular complexity index is 1140. The van der Waals surface area contributed by atoms with Crippen LogP contribution in [0.25, 0.3) is 11.3 Å². The predicted molar refractivity (Wildman–Crippen MR) is 121 cm³/mol. The molecule has 7 nitrogen and oxygen atoms in total. The Labute approximate surface area is 181 Å². The van der Waals surface area contributed by atoms with Gasteiger partial charge in [-0.2, -0.15) is 0 Å². The van der Waals surface area contributed by atoms with Crippen LogP contribution in [0.1, 0.15) is 22.6 Å². The van der Waals surface area contributed by atoms with Gasteiger partial charge in [0.05, 0.1) is 12.0 Å². The highest BCUT2D eigenvalue weighted by molar-refractivity contribution is 5.95. The molecule has 0 atom stereocenters. The Hall–Kier alpha value is -4.00. The molecule has 0 aliphatic carbocycles. The van der Waals surface area contributed by atoms with Crippen LogP contribution < -0.4 is 10.6 Å². The molecule has 0 saturated carbocycles. The number of amides is 1. The van der Waals surface area contributed by atoms with Crippen LogP contribution in [0.4, 0.5) is 11.5 Å². The van der Waals surface area contributed by atoms with Crippen molar-refractivity contribution in [1.29, 1.82) is 0 Å². The Morgan fingerprint density at radius 3 is 2.71 bits per heavy atom. The van der Waals surface area contributed by atoms with Crippen molar-refractivity contribution >= 4 is 17.4 Å². The molecule has 31 heavy (non-hydrogen) atoms. The van der Waals surface area contributed by atoms with Gasteiger partial charge in [-0.25, -0.2) is 15.0 Å². The van der Waals surface area contributed by atoms with Gasteiger partial charge in [0, 0.05) is 48.4 Å². The van der Waals surface area contributed by atoms with Gasteiger partial charge < -0.3 is 15.2 Å². The van der Waals surface area contributed by atoms with E-state index in [2.05, 4.69) is 25.6 Å². The fourth-order valence-electron chi connectivity index (χ4n) is 3.26. The molecule has 2 N–H and O–H groups in total. The van der Waals surface area contributed by atoms with Crippen LogP contribution in [0.5, 0.6) is 0 Å². The lowest BCUT2D eigenvalue weighted by Gasteiger charge is -2.11. The molecule has 2 aromatic carbocycles. The van der Waals surface area contributed by atoms with Gasteiger partial charge in [-0.15, -0.1) is 0 Å². The van der Waals surface area contributed by atoms with Gasteiger partial charge in [-0.1, -0.05) is 36.4 Å². The lowest BCUT2D eigenvalue weighted by Crippen LogP contribution is -2.25. The van der Waals surface area contributed by atoms with E-state index in [1.165, 1.54) is 0 Å². The maximum Gasteiger partial charge on any atom is 0.251 e. The van der Waals surface area contributed by atoms with E-state index in [9.17, 15) is 4.79 Å². The summed E-state index contributed by atoms with van der Waals surface area (Å²) in [5.41, 5.74) is 3.27. The Kier molecular flexibility index (Phi) is 6.32. The molecule has 0 radical (unpaired) electrons. The Morgan fingerprint density at radius 1 is 1.03 bits per heavy atom. The van der Waals surface area contributed by atoms with Crippen LogP contribution in [-0.4, -0.2) is 32.0 Å². The van der Waals surface area contributed by atoms with E-state index in [-0.39, 0.29) is 5.91 Å². The standard InChI is InChI=1S/C24H24N6O/c1-18-27-22(19-7-3-2-4-8-19)16-23(28-18)29-21-10-5-9-20(15-21)24(31)26-11-6-13-30-14-12-25-17-30/h2-5,7-10,12,14-17H,6,11,13H2,1H3,(H,26,31)(H,27,28,29). The summed E-state index contributed by atoms with van der Waals surface area (Å²) in [6, 6.07) is 19.3. The largest absolute Gasteiger partial charge is 0.352 e. The molecule has 156 valence electrons. The van der Waals surface area contributed by atoms with E-state index in [0.29, 0.717) is 23.8 Å². The number of aromatic nitrogens is 4. The fourth-order valence-corrected chi connectivity index (χ4v) is 3.26. The third-order valence-electron chi connectivity index (χ3n) is 4.74. The first-order valence-corrected chi connectivity index (χ1v) is 10.2. The van der Waals surface area contributed by atoms with Gasteiger partial charge in [0.2, 0.25) is 0 Å². The second-order valence-corrected chi connectivity index (χ2v) is 7.17. The lowest BCUT2D eigenvalue weighted by atomic mass is 10.1. The van der Waals surface area contributed by atoms with Crippen LogP contribution in [0.15, 0.2) is 79.4 Å². The Balaban J connectivity index is 1.40. The number of hydrogen-bond acceptors (Lipinski definition) is 5. The minimum absolute atomic E-state index is 0.0990. The van der Waals surface area contributed by atoms with E-state index in [4.69, 9.17) is 0 Å². The smallest absolute Gasteiger partial charge is 0.251 e. The number of carbonyl (C=O) groups is 1. The van der Waals surface area contributed by atoms with E-state index in [1.54, 1.807) is 18.6 Å². The first kappa shape index (κ1) is 20.3. The zero-order valence-electron chi connectivity index (χ0n) is 17.3. The molecular formula is C24H24N6O. The molecule has 1 amide bonds. The van der Waals surface area contributed by atoms with Crippen LogP contribution in [0, 0.1) is 6.92 Å². The molecule has 0 aliphatic rings. The fraction of sp³-hybridized carbons (Fsp3) is 0.167. The molecule has 0 spiro atoms. The highest BCUT2D eigenvalue weighted by Crippen LogP contribution is 2.22. The average molecular weight is 412 g/mol. The summed E-state index contributed by atoms with van der Waals surface area (Å²) in [5, 5.41) is 6.26. The molecule has 0 bridgehead atoms. The van der Waals surface area contributed by atoms with E-state index < -0.39 is 0 Å². The van der Waals surface area contributed by atoms with Crippen molar-refractivity contribution in [1.82, 2.24) is 24.8 Å². The van der Waals surface area contributed by atoms with Crippen LogP contribution >= 0.6 is 0 Å². The summed E-state index contributed by atoms with van der Waals surface area (Å²) in [7, 11) is 0. The number of nitrogens with zero attached hydrogens (tertiary/aromatic N) is 4. The van der Waals surface area contributed by atoms with Gasteiger partial charge in [-0.05, 0) is 31.5 Å². The Morgan fingerprint density at radius 2 is 1.90 bits per heavy atom. The molecule has 0 aliphatic heterocycles. The number of rotatable bonds is 8. The first-order chi connectivity index (χ1) is 15.2. The monoisotopic (exact) mass is 412 g/mol. The van der Waals surface area contributed by atoms with Gasteiger partial charge in [0.15, 0.2) is 0 Å². The second-order valence-electron chi connectivity index (χ2n) is 7.17. The summed E-state index contributed by atoms with van der Waals surface area (Å²) in [6.45, 7) is 3.28. The first-order valence-electron chi connectivity index (χ1n) is 10.2. The van der Waals surface area contributed by atoms with Crippen LogP contribution in [-0.2, 0) is 6.54 Å². The van der Waals surface area contributed by atoms with Crippen molar-refractivity contribution in [3.8, 4) is 11.3 Å². The molecular weight excluding hydrogens is 388 g/mol. The SMILES string of the molecule is Cc1nc(Nc2cccc(C(=O)NCCCn3ccnc3)c2)cc(-c2ccccc2)n1. The molecule has 2 heterocycles. The number of carbonyl (C=O) groups excluding carboxylic acids is 1. The van der Waals surface area contributed by atoms with Crippen LogP contribution in [0.3, 0.4) is 0 Å². The zero-order chi connectivity index (χ0) is 21.5. The summed E-state index contributed by atoms with van der Waals surface area (Å²) in [4.78, 5) is 25.6. The topological polar surface area (TPSA) is 84.7 Å². The van der Waals surface area contributed by atoms with Crippen molar-refractivity contribution in [2.45, 2.75) is 19.9 Å². The number of anilines is 2. The highest BCUT2D eigenvalue weighted by Gasteiger charge is 2.08. The molecule has 4 aromatic rings. The average Bonchev–Trinajstić information content (AvgIpc) is 3.30. The summed E-state index contributed by atoms with van der Waals surface area (Å²) in [5.74, 6) is 1.26. The van der Waals surface area contributed by atoms with Crippen molar-refractivity contribution < 1.29 is 4.79 Å². The number of imidazole rings is 1. The molecule has 0 fully saturated rings. The maximum absolute atomic E-state index is 12.5. The molecule has 4 rings (SSSR count). The normalized spacial score (nSPS) is 10.6. The minimum atomic E-state index is -0.0990. The van der Waals surface area contributed by atoms with E-state index in [1.807, 2.05) is 72.3 Å². The highest BCUT2D eigenvalue weighted by atomic mass is 16.1. The van der Waals surface area contributed by atoms with Gasteiger partial charge >= 0.3 is 0 Å². The third kappa shape index (κ3) is 5.54. The van der Waals surface area contributed by atoms with Crippen LogP contribution in [0.2, 0.25) is 0 Å². The molecule has 0 unspecified atom stereocenters. The summed E-state index contributed by atoms with van der Waals surface area (Å²) < 4.78 is 1.99. The van der Waals surface area contributed by atoms with Crippen molar-refractivity contribution in [2.75, 3.05) is 11.9 Å². The third-order valence-corrected chi connectivity index (χ3v) is 4.74. The molecule has 0 saturated heterocycles. The second kappa shape index (κ2) is 9.67. The van der Waals surface area contributed by atoms with Crippen molar-refractivity contribution in [3.63, 3.8) is 0 Å². The molecule has 2 aromatic heterocycles. The lowest BCUT2D eigenvalue weighted by molar-refractivity contribution is 0.0953. The minimum Gasteiger partial charge on any atom is -0.352 e. The van der Waals surface area contributed by atoms with E-state index in [0.717, 1.165) is 29.9 Å². The predicted octanol–water partition coefficient (Wildman–Crippen LogP) is 4.21. The number of nitrogens with one attached hydrogen (secondary N) is 2. The summed E-state index contributed by atoms with van der Waals surface area (Å²) >= 11 is 0. The van der Waals surface area contributed by atoms with Crippen molar-refractivity contribution in [3.05, 3.63) is 90.8 Å². The van der Waals surface area contributed by atoms with Crippen molar-refractivity contribution in [2.24, 2.45) is 0 Å². The van der Waals surface area contributed by atoms with Gasteiger partial charge in [0.25, 0.3) is 5.91 Å². The quantitative estimate of drug-likeness (QED) is 0.424. The van der Waals surface area contributed by atoms with Gasteiger partial charge in [0.1, 0.15) is 11.6 Å². The van der Waals surface area contributed by atoms with Gasteiger partial charge in [-0.3, -0.25) is 4.79 Å². The number of benzene rings is 2. The number of aryl methyl sites for hydroxylation is 2.